The van der Waals surface area contributed by atoms with Crippen molar-refractivity contribution in [3.63, 3.8) is 0 Å². The molecule has 12 heteroatoms. The van der Waals surface area contributed by atoms with Crippen LogP contribution in [0.5, 0.6) is 0 Å². The van der Waals surface area contributed by atoms with E-state index >= 15 is 0 Å². The molecule has 0 atom stereocenters. The summed E-state index contributed by atoms with van der Waals surface area (Å²) in [5.41, 5.74) is 25.3. The Balaban J connectivity index is 0.000000156. The Labute approximate surface area is 220 Å². The number of nitrogens with zero attached hydrogens (tertiary/aromatic N) is 7. The van der Waals surface area contributed by atoms with Crippen molar-refractivity contribution < 1.29 is 4.52 Å². The third-order valence-electron chi connectivity index (χ3n) is 5.82. The molecule has 200 valence electrons. The minimum Gasteiger partial charge on any atom is -0.384 e. The molecule has 6 aromatic rings. The number of pyridine rings is 3. The van der Waals surface area contributed by atoms with Crippen molar-refractivity contribution in [3.8, 4) is 0 Å². The largest absolute Gasteiger partial charge is 0.384 e. The van der Waals surface area contributed by atoms with Crippen molar-refractivity contribution in [2.45, 2.75) is 49.0 Å². The predicted molar refractivity (Wildman–Crippen MR) is 153 cm³/mol. The molecule has 0 radical (unpaired) electrons. The van der Waals surface area contributed by atoms with Gasteiger partial charge in [-0.15, -0.1) is 0 Å². The summed E-state index contributed by atoms with van der Waals surface area (Å²) in [6.45, 7) is 11.8. The number of aryl methyl sites for hydroxylation is 7. The highest BCUT2D eigenvalue weighted by atomic mass is 16.5. The SMILES string of the molecule is C.Cc1cc(C)c2c(N)[nH]nc2n1.Cc1cc(C)c2c(N)nn(C)c2n1.Cc1cc(C)c2c(N)noc2n1. The first-order valence-corrected chi connectivity index (χ1v) is 11.6. The molecule has 0 spiro atoms. The van der Waals surface area contributed by atoms with Gasteiger partial charge in [0.2, 0.25) is 0 Å². The van der Waals surface area contributed by atoms with Gasteiger partial charge in [-0.25, -0.2) is 19.6 Å². The smallest absolute Gasteiger partial charge is 0.260 e. The first-order valence-electron chi connectivity index (χ1n) is 11.6. The summed E-state index contributed by atoms with van der Waals surface area (Å²) < 4.78 is 6.64. The summed E-state index contributed by atoms with van der Waals surface area (Å²) in [6, 6.07) is 5.96. The molecule has 0 bridgehead atoms. The number of aromatic nitrogens is 8. The van der Waals surface area contributed by atoms with Crippen LogP contribution in [0, 0.1) is 41.5 Å². The second kappa shape index (κ2) is 10.7. The van der Waals surface area contributed by atoms with Gasteiger partial charge in [-0.1, -0.05) is 12.6 Å². The molecule has 0 aliphatic heterocycles. The number of nitrogens with one attached hydrogen (secondary N) is 1. The summed E-state index contributed by atoms with van der Waals surface area (Å²) >= 11 is 0. The zero-order valence-electron chi connectivity index (χ0n) is 22.0. The first kappa shape index (κ1) is 27.8. The van der Waals surface area contributed by atoms with Crippen LogP contribution < -0.4 is 17.2 Å². The number of nitrogens with two attached hydrogens (primary N) is 3. The van der Waals surface area contributed by atoms with Crippen molar-refractivity contribution in [3.05, 3.63) is 52.0 Å². The van der Waals surface area contributed by atoms with Crippen LogP contribution in [0.4, 0.5) is 17.5 Å². The summed E-state index contributed by atoms with van der Waals surface area (Å²) in [5, 5.41) is 17.2. The lowest BCUT2D eigenvalue weighted by molar-refractivity contribution is 0.452. The fourth-order valence-electron chi connectivity index (χ4n) is 4.34. The van der Waals surface area contributed by atoms with Gasteiger partial charge in [-0.3, -0.25) is 5.10 Å². The highest BCUT2D eigenvalue weighted by Crippen LogP contribution is 2.23. The van der Waals surface area contributed by atoms with Gasteiger partial charge in [-0.05, 0) is 76.4 Å². The van der Waals surface area contributed by atoms with Crippen LogP contribution in [-0.4, -0.2) is 40.1 Å². The van der Waals surface area contributed by atoms with Gasteiger partial charge in [0, 0.05) is 24.1 Å². The fraction of sp³-hybridized carbons (Fsp3) is 0.308. The Morgan fingerprint density at radius 3 is 1.95 bits per heavy atom. The molecule has 0 amide bonds. The third-order valence-corrected chi connectivity index (χ3v) is 5.82. The van der Waals surface area contributed by atoms with Gasteiger partial charge < -0.3 is 21.7 Å². The Hall–Kier alpha value is -4.74. The number of fused-ring (bicyclic) bond motifs is 3. The molecule has 0 saturated heterocycles. The van der Waals surface area contributed by atoms with E-state index in [-0.39, 0.29) is 7.43 Å². The van der Waals surface area contributed by atoms with E-state index in [2.05, 4.69) is 35.4 Å². The standard InChI is InChI=1S/C9H12N4.C8H10N4.C8H9N3O.CH4/c1-5-4-6(2)11-9-7(5)8(10)12-13(9)3;2*1-4-3-5(2)10-8-6(4)7(9)11-12-8;/h4H,1-3H3,(H2,10,12);3H,1-2H3,(H3,9,10,11,12);3H,1-2H3,(H2,9,11);1H4. The molecular weight excluding hydrogens is 482 g/mol. The zero-order chi connectivity index (χ0) is 27.0. The molecule has 0 aromatic carbocycles. The van der Waals surface area contributed by atoms with E-state index in [1.165, 1.54) is 0 Å². The fourth-order valence-corrected chi connectivity index (χ4v) is 4.34. The van der Waals surface area contributed by atoms with Crippen LogP contribution >= 0.6 is 0 Å². The summed E-state index contributed by atoms with van der Waals surface area (Å²) in [5.74, 6) is 1.56. The molecule has 0 aliphatic carbocycles. The van der Waals surface area contributed by atoms with Crippen LogP contribution in [0.15, 0.2) is 22.7 Å². The van der Waals surface area contributed by atoms with E-state index in [0.717, 1.165) is 55.6 Å². The van der Waals surface area contributed by atoms with Gasteiger partial charge in [0.25, 0.3) is 5.71 Å². The van der Waals surface area contributed by atoms with E-state index in [4.69, 9.17) is 21.7 Å². The zero-order valence-corrected chi connectivity index (χ0v) is 22.0. The molecule has 38 heavy (non-hydrogen) atoms. The highest BCUT2D eigenvalue weighted by Gasteiger charge is 2.10. The number of rotatable bonds is 0. The molecule has 6 heterocycles. The lowest BCUT2D eigenvalue weighted by atomic mass is 10.2. The maximum Gasteiger partial charge on any atom is 0.260 e. The number of hydrogen-bond donors (Lipinski definition) is 4. The molecule has 6 aromatic heterocycles. The normalized spacial score (nSPS) is 10.6. The minimum absolute atomic E-state index is 0. The second-order valence-corrected chi connectivity index (χ2v) is 9.03. The van der Waals surface area contributed by atoms with E-state index < -0.39 is 0 Å². The van der Waals surface area contributed by atoms with E-state index in [9.17, 15) is 0 Å². The van der Waals surface area contributed by atoms with Crippen molar-refractivity contribution in [1.82, 2.24) is 40.1 Å². The van der Waals surface area contributed by atoms with Crippen LogP contribution in [0.25, 0.3) is 33.2 Å². The Morgan fingerprint density at radius 2 is 1.29 bits per heavy atom. The average molecular weight is 518 g/mol. The average Bonchev–Trinajstić information content (AvgIpc) is 3.44. The number of nitrogen functional groups attached to an aromatic ring is 3. The predicted octanol–water partition coefficient (Wildman–Crippen LogP) is 4.38. The van der Waals surface area contributed by atoms with Gasteiger partial charge in [0.1, 0.15) is 5.82 Å². The van der Waals surface area contributed by atoms with Crippen LogP contribution in [-0.2, 0) is 7.05 Å². The van der Waals surface area contributed by atoms with Crippen molar-refractivity contribution in [2.75, 3.05) is 17.2 Å². The Bertz CT molecular complexity index is 1660. The van der Waals surface area contributed by atoms with Gasteiger partial charge in [0.15, 0.2) is 22.9 Å². The van der Waals surface area contributed by atoms with Crippen LogP contribution in [0.2, 0.25) is 0 Å². The second-order valence-electron chi connectivity index (χ2n) is 9.03. The van der Waals surface area contributed by atoms with Gasteiger partial charge >= 0.3 is 0 Å². The monoisotopic (exact) mass is 517 g/mol. The molecule has 6 rings (SSSR count). The molecule has 0 aliphatic rings. The number of aromatic amines is 1. The van der Waals surface area contributed by atoms with Crippen LogP contribution in [0.3, 0.4) is 0 Å². The van der Waals surface area contributed by atoms with Crippen LogP contribution in [0.1, 0.15) is 41.2 Å². The third kappa shape index (κ3) is 5.33. The quantitative estimate of drug-likeness (QED) is 0.225. The number of H-pyrrole nitrogens is 1. The van der Waals surface area contributed by atoms with E-state index in [0.29, 0.717) is 28.8 Å². The van der Waals surface area contributed by atoms with Crippen molar-refractivity contribution in [2.24, 2.45) is 7.05 Å². The minimum atomic E-state index is 0. The number of anilines is 3. The number of hydrogen-bond acceptors (Lipinski definition) is 10. The maximum atomic E-state index is 5.76. The van der Waals surface area contributed by atoms with E-state index in [1.54, 1.807) is 4.68 Å². The first-order chi connectivity index (χ1) is 17.5. The van der Waals surface area contributed by atoms with Gasteiger partial charge in [-0.2, -0.15) is 10.2 Å². The van der Waals surface area contributed by atoms with Gasteiger partial charge in [0.05, 0.1) is 16.2 Å². The lowest BCUT2D eigenvalue weighted by Crippen LogP contribution is -1.93. The summed E-state index contributed by atoms with van der Waals surface area (Å²) in [4.78, 5) is 12.8. The molecule has 7 N–H and O–H groups in total. The molecule has 0 saturated carbocycles. The topological polar surface area (TPSA) is 189 Å². The maximum absolute atomic E-state index is 5.76. The molecule has 0 fully saturated rings. The summed E-state index contributed by atoms with van der Waals surface area (Å²) in [6.07, 6.45) is 0. The summed E-state index contributed by atoms with van der Waals surface area (Å²) in [7, 11) is 1.85. The van der Waals surface area contributed by atoms with Crippen molar-refractivity contribution >= 4 is 50.6 Å². The molecular formula is C26H35N11O. The molecule has 12 nitrogen and oxygen atoms in total. The molecule has 0 unspecified atom stereocenters. The van der Waals surface area contributed by atoms with Crippen molar-refractivity contribution in [1.29, 1.82) is 0 Å². The lowest BCUT2D eigenvalue weighted by Gasteiger charge is -1.98. The Kier molecular flexibility index (Phi) is 7.84. The highest BCUT2D eigenvalue weighted by molar-refractivity contribution is 5.90. The Morgan fingerprint density at radius 1 is 0.737 bits per heavy atom. The van der Waals surface area contributed by atoms with E-state index in [1.807, 2.05) is 66.8 Å².